The summed E-state index contributed by atoms with van der Waals surface area (Å²) in [5.74, 6) is 0.161. The van der Waals surface area contributed by atoms with Crippen LogP contribution in [-0.4, -0.2) is 15.1 Å². The third-order valence-corrected chi connectivity index (χ3v) is 4.60. The predicted octanol–water partition coefficient (Wildman–Crippen LogP) is 6.45. The molecule has 0 fully saturated rings. The highest BCUT2D eigenvalue weighted by molar-refractivity contribution is 6.30. The zero-order valence-electron chi connectivity index (χ0n) is 15.0. The molecule has 0 N–H and O–H groups in total. The van der Waals surface area contributed by atoms with Gasteiger partial charge in [0.25, 0.3) is 5.89 Å². The fraction of sp³-hybridized carbons (Fsp3) is 0.0952. The van der Waals surface area contributed by atoms with E-state index >= 15 is 0 Å². The van der Waals surface area contributed by atoms with Crippen LogP contribution in [0.2, 0.25) is 5.02 Å². The van der Waals surface area contributed by atoms with Crippen LogP contribution in [0.3, 0.4) is 0 Å². The van der Waals surface area contributed by atoms with Crippen LogP contribution in [0.4, 0.5) is 13.2 Å². The van der Waals surface area contributed by atoms with Crippen LogP contribution in [0.1, 0.15) is 11.1 Å². The third-order valence-electron chi connectivity index (χ3n) is 4.40. The van der Waals surface area contributed by atoms with Gasteiger partial charge >= 0.3 is 6.18 Å². The molecule has 2 heterocycles. The Morgan fingerprint density at radius 2 is 1.72 bits per heavy atom. The zero-order chi connectivity index (χ0) is 20.6. The van der Waals surface area contributed by atoms with Crippen molar-refractivity contribution in [1.29, 1.82) is 0 Å². The van der Waals surface area contributed by atoms with Crippen LogP contribution in [0, 0.1) is 6.92 Å². The molecule has 4 nitrogen and oxygen atoms in total. The van der Waals surface area contributed by atoms with Gasteiger partial charge in [-0.1, -0.05) is 47.1 Å². The third kappa shape index (κ3) is 3.86. The van der Waals surface area contributed by atoms with Crippen LogP contribution >= 0.6 is 11.6 Å². The van der Waals surface area contributed by atoms with Crippen LogP contribution in [0.15, 0.2) is 65.4 Å². The van der Waals surface area contributed by atoms with E-state index in [-0.39, 0.29) is 22.8 Å². The van der Waals surface area contributed by atoms with Gasteiger partial charge in [-0.05, 0) is 41.8 Å². The summed E-state index contributed by atoms with van der Waals surface area (Å²) in [5.41, 5.74) is 1.26. The monoisotopic (exact) mass is 415 g/mol. The SMILES string of the molecule is Cc1ccccc1-c1ccc(-c2nc(-c3cncc(Cl)c3)no2)cc1C(F)(F)F. The standard InChI is InChI=1S/C21H13ClF3N3O/c1-12-4-2-3-5-16(12)17-7-6-13(9-18(17)21(23,24)25)20-27-19(28-29-20)14-8-15(22)11-26-10-14/h2-11H,1H3. The molecule has 29 heavy (non-hydrogen) atoms. The van der Waals surface area contributed by atoms with Crippen molar-refractivity contribution >= 4 is 11.6 Å². The smallest absolute Gasteiger partial charge is 0.334 e. The molecule has 2 aromatic carbocycles. The molecule has 0 spiro atoms. The number of rotatable bonds is 3. The lowest BCUT2D eigenvalue weighted by molar-refractivity contribution is -0.137. The number of hydrogen-bond donors (Lipinski definition) is 0. The molecule has 4 rings (SSSR count). The molecule has 0 amide bonds. The first kappa shape index (κ1) is 19.1. The average molecular weight is 416 g/mol. The van der Waals surface area contributed by atoms with E-state index in [4.69, 9.17) is 16.1 Å². The van der Waals surface area contributed by atoms with Crippen molar-refractivity contribution in [3.05, 3.63) is 77.1 Å². The normalized spacial score (nSPS) is 11.6. The first-order valence-electron chi connectivity index (χ1n) is 8.55. The quantitative estimate of drug-likeness (QED) is 0.386. The summed E-state index contributed by atoms with van der Waals surface area (Å²) in [6, 6.07) is 12.5. The Bertz CT molecular complexity index is 1190. The van der Waals surface area contributed by atoms with E-state index in [0.717, 1.165) is 11.6 Å². The largest absolute Gasteiger partial charge is 0.417 e. The molecule has 0 atom stereocenters. The van der Waals surface area contributed by atoms with Crippen molar-refractivity contribution in [2.45, 2.75) is 13.1 Å². The van der Waals surface area contributed by atoms with Gasteiger partial charge in [-0.3, -0.25) is 4.98 Å². The lowest BCUT2D eigenvalue weighted by atomic mass is 9.94. The summed E-state index contributed by atoms with van der Waals surface area (Å²) in [6.45, 7) is 1.77. The molecule has 0 aliphatic heterocycles. The number of pyridine rings is 1. The van der Waals surface area contributed by atoms with E-state index in [1.807, 2.05) is 0 Å². The van der Waals surface area contributed by atoms with E-state index in [0.29, 0.717) is 16.1 Å². The molecule has 146 valence electrons. The van der Waals surface area contributed by atoms with Gasteiger partial charge in [0.2, 0.25) is 5.82 Å². The van der Waals surface area contributed by atoms with Gasteiger partial charge in [0.05, 0.1) is 10.6 Å². The topological polar surface area (TPSA) is 51.8 Å². The molecule has 0 saturated carbocycles. The van der Waals surface area contributed by atoms with Gasteiger partial charge in [-0.2, -0.15) is 18.2 Å². The number of aromatic nitrogens is 3. The molecular formula is C21H13ClF3N3O. The number of aryl methyl sites for hydroxylation is 1. The Morgan fingerprint density at radius 1 is 0.931 bits per heavy atom. The Morgan fingerprint density at radius 3 is 2.45 bits per heavy atom. The van der Waals surface area contributed by atoms with E-state index < -0.39 is 11.7 Å². The minimum absolute atomic E-state index is 0.0261. The van der Waals surface area contributed by atoms with Crippen LogP contribution < -0.4 is 0 Å². The fourth-order valence-corrected chi connectivity index (χ4v) is 3.19. The fourth-order valence-electron chi connectivity index (χ4n) is 3.01. The maximum atomic E-state index is 13.8. The van der Waals surface area contributed by atoms with E-state index in [2.05, 4.69) is 15.1 Å². The molecule has 8 heteroatoms. The first-order valence-corrected chi connectivity index (χ1v) is 8.93. The Labute approximate surface area is 169 Å². The van der Waals surface area contributed by atoms with Crippen molar-refractivity contribution < 1.29 is 17.7 Å². The Balaban J connectivity index is 1.80. The van der Waals surface area contributed by atoms with Gasteiger partial charge in [0, 0.05) is 23.5 Å². The maximum Gasteiger partial charge on any atom is 0.417 e. The number of hydrogen-bond acceptors (Lipinski definition) is 4. The molecule has 0 bridgehead atoms. The lowest BCUT2D eigenvalue weighted by Crippen LogP contribution is -2.08. The summed E-state index contributed by atoms with van der Waals surface area (Å²) in [6.07, 6.45) is -1.61. The highest BCUT2D eigenvalue weighted by atomic mass is 35.5. The molecule has 4 aromatic rings. The molecule has 0 aliphatic carbocycles. The van der Waals surface area contributed by atoms with Crippen LogP contribution in [0.5, 0.6) is 0 Å². The Hall–Kier alpha value is -3.19. The second kappa shape index (κ2) is 7.33. The molecule has 0 aliphatic rings. The average Bonchev–Trinajstić information content (AvgIpc) is 3.18. The van der Waals surface area contributed by atoms with Crippen molar-refractivity contribution in [2.75, 3.05) is 0 Å². The molecule has 0 unspecified atom stereocenters. The van der Waals surface area contributed by atoms with Gasteiger partial charge < -0.3 is 4.52 Å². The van der Waals surface area contributed by atoms with Gasteiger partial charge in [0.15, 0.2) is 0 Å². The predicted molar refractivity (Wildman–Crippen MR) is 103 cm³/mol. The summed E-state index contributed by atoms with van der Waals surface area (Å²) in [7, 11) is 0. The second-order valence-electron chi connectivity index (χ2n) is 6.39. The molecule has 0 radical (unpaired) electrons. The molecule has 0 saturated heterocycles. The van der Waals surface area contributed by atoms with Gasteiger partial charge in [-0.15, -0.1) is 0 Å². The summed E-state index contributed by atoms with van der Waals surface area (Å²) < 4.78 is 46.5. The van der Waals surface area contributed by atoms with E-state index in [9.17, 15) is 13.2 Å². The second-order valence-corrected chi connectivity index (χ2v) is 6.82. The van der Waals surface area contributed by atoms with Crippen molar-refractivity contribution in [2.24, 2.45) is 0 Å². The van der Waals surface area contributed by atoms with Crippen molar-refractivity contribution in [1.82, 2.24) is 15.1 Å². The first-order chi connectivity index (χ1) is 13.8. The van der Waals surface area contributed by atoms with Crippen LogP contribution in [0.25, 0.3) is 34.0 Å². The lowest BCUT2D eigenvalue weighted by Gasteiger charge is -2.15. The van der Waals surface area contributed by atoms with Crippen molar-refractivity contribution in [3.63, 3.8) is 0 Å². The number of benzene rings is 2. The van der Waals surface area contributed by atoms with Gasteiger partial charge in [-0.25, -0.2) is 0 Å². The Kier molecular flexibility index (Phi) is 4.84. The van der Waals surface area contributed by atoms with E-state index in [1.54, 1.807) is 37.3 Å². The number of alkyl halides is 3. The summed E-state index contributed by atoms with van der Waals surface area (Å²) >= 11 is 5.90. The van der Waals surface area contributed by atoms with Gasteiger partial charge in [0.1, 0.15) is 0 Å². The van der Waals surface area contributed by atoms with E-state index in [1.165, 1.54) is 24.5 Å². The minimum atomic E-state index is -4.55. The highest BCUT2D eigenvalue weighted by Crippen LogP contribution is 2.40. The summed E-state index contributed by atoms with van der Waals surface area (Å²) in [5, 5.41) is 4.21. The minimum Gasteiger partial charge on any atom is -0.334 e. The number of halogens is 4. The van der Waals surface area contributed by atoms with Crippen LogP contribution in [-0.2, 0) is 6.18 Å². The zero-order valence-corrected chi connectivity index (χ0v) is 15.8. The van der Waals surface area contributed by atoms with Crippen molar-refractivity contribution in [3.8, 4) is 34.0 Å². The highest BCUT2D eigenvalue weighted by Gasteiger charge is 2.34. The number of nitrogens with zero attached hydrogens (tertiary/aromatic N) is 3. The summed E-state index contributed by atoms with van der Waals surface area (Å²) in [4.78, 5) is 8.13. The maximum absolute atomic E-state index is 13.8. The molecule has 2 aromatic heterocycles. The molecular weight excluding hydrogens is 403 g/mol.